The van der Waals surface area contributed by atoms with Crippen molar-refractivity contribution >= 4 is 58.1 Å². The van der Waals surface area contributed by atoms with E-state index in [1.54, 1.807) is 18.0 Å². The normalized spacial score (nSPS) is 22.6. The number of aromatic amines is 1. The van der Waals surface area contributed by atoms with E-state index in [-0.39, 0.29) is 63.1 Å². The zero-order chi connectivity index (χ0) is 39.0. The van der Waals surface area contributed by atoms with Crippen LogP contribution < -0.4 is 37.6 Å². The molecule has 1 aliphatic rings. The standard InChI is InChI=1S/C39H54N8O6S/c1-24(2)19-27-23-43-30(16-18-54-3)37(51)45-31(13-14-34(40)48)38(52)47-33(21-26-22-42-29-12-8-7-11-28(26)29)39(53)46-32(20-25-9-5-4-6-10-25)36(50)41-17-15-35(49)44-27/h4-12,22,24,27,30-33,42-43H,13-21,23H2,1-3H3,(H2,40,48)(H,41,50)(H,44,49)(H,45,51)(H,46,53)(H,47,52)/t27-,30+,31-,32-,33+/m1/s1. The maximum atomic E-state index is 14.2. The van der Waals surface area contributed by atoms with Crippen LogP contribution in [0.1, 0.15) is 57.1 Å². The summed E-state index contributed by atoms with van der Waals surface area (Å²) in [7, 11) is 0. The van der Waals surface area contributed by atoms with Gasteiger partial charge in [-0.05, 0) is 54.4 Å². The minimum Gasteiger partial charge on any atom is -0.370 e. The van der Waals surface area contributed by atoms with E-state index < -0.39 is 53.7 Å². The highest BCUT2D eigenvalue weighted by Crippen LogP contribution is 2.20. The number of carbonyl (C=O) groups excluding carboxylic acids is 6. The smallest absolute Gasteiger partial charge is 0.243 e. The third-order valence-corrected chi connectivity index (χ3v) is 9.91. The Balaban J connectivity index is 1.71. The predicted molar refractivity (Wildman–Crippen MR) is 210 cm³/mol. The monoisotopic (exact) mass is 762 g/mol. The van der Waals surface area contributed by atoms with Crippen LogP contribution in [0.2, 0.25) is 0 Å². The number of hydrogen-bond donors (Lipinski definition) is 8. The quantitative estimate of drug-likeness (QED) is 0.135. The average Bonchev–Trinajstić information content (AvgIpc) is 3.54. The van der Waals surface area contributed by atoms with Gasteiger partial charge in [0.15, 0.2) is 0 Å². The van der Waals surface area contributed by atoms with Gasteiger partial charge in [0.1, 0.15) is 18.1 Å². The van der Waals surface area contributed by atoms with Gasteiger partial charge in [-0.1, -0.05) is 62.4 Å². The summed E-state index contributed by atoms with van der Waals surface area (Å²) in [5, 5.41) is 18.5. The molecule has 0 radical (unpaired) electrons. The van der Waals surface area contributed by atoms with Gasteiger partial charge in [0.2, 0.25) is 35.4 Å². The fourth-order valence-electron chi connectivity index (χ4n) is 6.49. The number of carbonyl (C=O) groups is 6. The summed E-state index contributed by atoms with van der Waals surface area (Å²) in [6.45, 7) is 4.38. The van der Waals surface area contributed by atoms with Gasteiger partial charge in [-0.3, -0.25) is 28.8 Å². The second-order valence-electron chi connectivity index (χ2n) is 14.1. The minimum atomic E-state index is -1.21. The summed E-state index contributed by atoms with van der Waals surface area (Å²) in [6, 6.07) is 12.2. The molecule has 2 heterocycles. The first kappa shape index (κ1) is 41.9. The molecule has 14 nitrogen and oxygen atoms in total. The first-order valence-corrected chi connectivity index (χ1v) is 19.9. The Morgan fingerprint density at radius 1 is 0.796 bits per heavy atom. The van der Waals surface area contributed by atoms with E-state index in [4.69, 9.17) is 5.73 Å². The zero-order valence-electron chi connectivity index (χ0n) is 31.2. The molecule has 6 amide bonds. The van der Waals surface area contributed by atoms with Crippen LogP contribution in [0.5, 0.6) is 0 Å². The van der Waals surface area contributed by atoms with Crippen molar-refractivity contribution in [1.29, 1.82) is 0 Å². The van der Waals surface area contributed by atoms with Gasteiger partial charge in [-0.2, -0.15) is 11.8 Å². The lowest BCUT2D eigenvalue weighted by molar-refractivity contribution is -0.134. The van der Waals surface area contributed by atoms with Crippen molar-refractivity contribution in [2.24, 2.45) is 11.7 Å². The second-order valence-corrected chi connectivity index (χ2v) is 15.1. The lowest BCUT2D eigenvalue weighted by atomic mass is 10.0. The first-order valence-electron chi connectivity index (χ1n) is 18.5. The van der Waals surface area contributed by atoms with Crippen molar-refractivity contribution in [2.45, 2.75) is 89.0 Å². The second kappa shape index (κ2) is 21.1. The Kier molecular flexibility index (Phi) is 16.4. The number of primary amides is 1. The van der Waals surface area contributed by atoms with Crippen LogP contribution in [0.4, 0.5) is 0 Å². The SMILES string of the molecule is CSCC[C@@H]1NC[C@@H](CC(C)C)NC(=O)CCNC(=O)[C@@H](Cc2ccccc2)NC(=O)[C@H](Cc2c[nH]c3ccccc23)NC(=O)[C@@H](CCC(N)=O)NC1=O. The molecule has 3 aromatic rings. The van der Waals surface area contributed by atoms with Gasteiger partial charge in [0.25, 0.3) is 0 Å². The van der Waals surface area contributed by atoms with E-state index in [0.29, 0.717) is 18.6 Å². The number of H-pyrrole nitrogens is 1. The maximum absolute atomic E-state index is 14.2. The molecule has 2 aromatic carbocycles. The number of para-hydroxylation sites is 1. The van der Waals surface area contributed by atoms with Gasteiger partial charge in [-0.25, -0.2) is 0 Å². The van der Waals surface area contributed by atoms with E-state index in [0.717, 1.165) is 22.0 Å². The topological polar surface area (TPSA) is 216 Å². The molecule has 292 valence electrons. The number of rotatable bonds is 12. The first-order chi connectivity index (χ1) is 25.9. The van der Waals surface area contributed by atoms with Crippen molar-refractivity contribution in [3.8, 4) is 0 Å². The fraction of sp³-hybridized carbons (Fsp3) is 0.487. The average molecular weight is 763 g/mol. The summed E-state index contributed by atoms with van der Waals surface area (Å²) in [6.07, 6.45) is 4.66. The third kappa shape index (κ3) is 13.2. The third-order valence-electron chi connectivity index (χ3n) is 9.27. The number of hydrogen-bond acceptors (Lipinski definition) is 8. The van der Waals surface area contributed by atoms with Crippen molar-refractivity contribution < 1.29 is 28.8 Å². The van der Waals surface area contributed by atoms with Gasteiger partial charge < -0.3 is 42.6 Å². The molecular weight excluding hydrogens is 709 g/mol. The molecule has 1 saturated heterocycles. The van der Waals surface area contributed by atoms with E-state index >= 15 is 0 Å². The lowest BCUT2D eigenvalue weighted by Gasteiger charge is -2.27. The highest BCUT2D eigenvalue weighted by atomic mass is 32.2. The van der Waals surface area contributed by atoms with Gasteiger partial charge in [0, 0.05) is 61.9 Å². The summed E-state index contributed by atoms with van der Waals surface area (Å²) in [4.78, 5) is 84.1. The van der Waals surface area contributed by atoms with Crippen molar-refractivity contribution in [3.63, 3.8) is 0 Å². The van der Waals surface area contributed by atoms with Crippen LogP contribution in [-0.2, 0) is 41.6 Å². The summed E-state index contributed by atoms with van der Waals surface area (Å²) < 4.78 is 0. The maximum Gasteiger partial charge on any atom is 0.243 e. The number of aromatic nitrogens is 1. The molecule has 9 N–H and O–H groups in total. The van der Waals surface area contributed by atoms with E-state index in [1.807, 2.05) is 74.7 Å². The summed E-state index contributed by atoms with van der Waals surface area (Å²) in [5.41, 5.74) is 7.85. The summed E-state index contributed by atoms with van der Waals surface area (Å²) in [5.74, 6) is -2.30. The molecule has 0 bridgehead atoms. The minimum absolute atomic E-state index is 0.00349. The van der Waals surface area contributed by atoms with E-state index in [1.165, 1.54) is 0 Å². The summed E-state index contributed by atoms with van der Waals surface area (Å²) >= 11 is 1.56. The van der Waals surface area contributed by atoms with Crippen molar-refractivity contribution in [1.82, 2.24) is 36.9 Å². The Morgan fingerprint density at radius 2 is 1.44 bits per heavy atom. The van der Waals surface area contributed by atoms with Crippen LogP contribution in [0, 0.1) is 5.92 Å². The molecule has 54 heavy (non-hydrogen) atoms. The molecule has 0 unspecified atom stereocenters. The van der Waals surface area contributed by atoms with E-state index in [9.17, 15) is 28.8 Å². The molecule has 1 aromatic heterocycles. The molecule has 1 aliphatic heterocycles. The number of nitrogens with one attached hydrogen (secondary N) is 7. The van der Waals surface area contributed by atoms with Crippen LogP contribution in [0.3, 0.4) is 0 Å². The molecule has 5 atom stereocenters. The molecule has 0 saturated carbocycles. The number of nitrogens with two attached hydrogens (primary N) is 1. The largest absolute Gasteiger partial charge is 0.370 e. The van der Waals surface area contributed by atoms with Crippen molar-refractivity contribution in [3.05, 3.63) is 71.9 Å². The van der Waals surface area contributed by atoms with Gasteiger partial charge in [0.05, 0.1) is 6.04 Å². The van der Waals surface area contributed by atoms with E-state index in [2.05, 4.69) is 36.9 Å². The molecular formula is C39H54N8O6S. The Labute approximate surface area is 320 Å². The van der Waals surface area contributed by atoms with Crippen LogP contribution in [0.15, 0.2) is 60.8 Å². The Hall–Kier alpha value is -4.89. The number of thioether (sulfide) groups is 1. The van der Waals surface area contributed by atoms with Crippen LogP contribution >= 0.6 is 11.8 Å². The number of amides is 6. The van der Waals surface area contributed by atoms with Gasteiger partial charge in [-0.15, -0.1) is 0 Å². The van der Waals surface area contributed by atoms with Crippen LogP contribution in [-0.4, -0.2) is 95.7 Å². The number of fused-ring (bicyclic) bond motifs is 1. The molecule has 4 rings (SSSR count). The molecule has 0 spiro atoms. The predicted octanol–water partition coefficient (Wildman–Crippen LogP) is 1.44. The highest BCUT2D eigenvalue weighted by molar-refractivity contribution is 7.98. The fourth-order valence-corrected chi connectivity index (χ4v) is 6.96. The molecule has 15 heteroatoms. The van der Waals surface area contributed by atoms with Crippen LogP contribution in [0.25, 0.3) is 10.9 Å². The van der Waals surface area contributed by atoms with Crippen molar-refractivity contribution in [2.75, 3.05) is 25.1 Å². The Morgan fingerprint density at radius 3 is 2.15 bits per heavy atom. The lowest BCUT2D eigenvalue weighted by Crippen LogP contribution is -2.59. The molecule has 0 aliphatic carbocycles. The zero-order valence-corrected chi connectivity index (χ0v) is 32.1. The van der Waals surface area contributed by atoms with Gasteiger partial charge >= 0.3 is 0 Å². The highest BCUT2D eigenvalue weighted by Gasteiger charge is 2.32. The number of benzene rings is 2. The Bertz CT molecular complexity index is 1730. The molecule has 1 fully saturated rings.